The Labute approximate surface area is 131 Å². The molecule has 3 rings (SSSR count). The van der Waals surface area contributed by atoms with Crippen LogP contribution < -0.4 is 11.0 Å². The molecule has 108 valence electrons. The summed E-state index contributed by atoms with van der Waals surface area (Å²) >= 11 is 4.64. The number of halogens is 1. The van der Waals surface area contributed by atoms with Crippen molar-refractivity contribution >= 4 is 45.1 Å². The van der Waals surface area contributed by atoms with Crippen LogP contribution in [0.5, 0.6) is 0 Å². The Morgan fingerprint density at radius 1 is 1.33 bits per heavy atom. The standard InChI is InChI=1S/C12H9BrN4O3S/c1-2-17-11(20)15-16-12(17)21-8-4-7-5(3-6(8)13)9(18)10(19)14-7/h3-4H,2H2,1H3,(H,15,20)(H,14,18,19). The number of fused-ring (bicyclic) bond motifs is 1. The third-order valence-corrected chi connectivity index (χ3v) is 4.98. The van der Waals surface area contributed by atoms with Crippen molar-refractivity contribution in [2.75, 3.05) is 5.32 Å². The predicted octanol–water partition coefficient (Wildman–Crippen LogP) is 1.64. The number of amides is 1. The zero-order chi connectivity index (χ0) is 15.1. The van der Waals surface area contributed by atoms with E-state index in [2.05, 4.69) is 31.4 Å². The molecule has 7 nitrogen and oxygen atoms in total. The van der Waals surface area contributed by atoms with Crippen molar-refractivity contribution in [1.82, 2.24) is 14.8 Å². The van der Waals surface area contributed by atoms with Crippen LogP contribution >= 0.6 is 27.7 Å². The molecule has 0 fully saturated rings. The first-order chi connectivity index (χ1) is 10.0. The van der Waals surface area contributed by atoms with E-state index in [1.165, 1.54) is 16.3 Å². The molecule has 2 aromatic rings. The molecule has 1 aliphatic rings. The fourth-order valence-corrected chi connectivity index (χ4v) is 3.51. The van der Waals surface area contributed by atoms with Crippen molar-refractivity contribution in [3.05, 3.63) is 32.7 Å². The van der Waals surface area contributed by atoms with Gasteiger partial charge in [-0.15, -0.1) is 5.10 Å². The number of carbonyl (C=O) groups is 2. The van der Waals surface area contributed by atoms with Crippen LogP contribution in [-0.2, 0) is 11.3 Å². The van der Waals surface area contributed by atoms with E-state index in [0.717, 1.165) is 4.90 Å². The fraction of sp³-hybridized carbons (Fsp3) is 0.167. The van der Waals surface area contributed by atoms with E-state index in [0.29, 0.717) is 27.4 Å². The third kappa shape index (κ3) is 2.32. The van der Waals surface area contributed by atoms with Gasteiger partial charge in [-0.3, -0.25) is 14.2 Å². The number of Topliss-reactive ketones (excluding diaryl/α,β-unsaturated/α-hetero) is 1. The van der Waals surface area contributed by atoms with Crippen LogP contribution in [0.4, 0.5) is 5.69 Å². The highest BCUT2D eigenvalue weighted by Crippen LogP contribution is 2.37. The van der Waals surface area contributed by atoms with E-state index in [1.54, 1.807) is 12.1 Å². The zero-order valence-corrected chi connectivity index (χ0v) is 13.2. The summed E-state index contributed by atoms with van der Waals surface area (Å²) in [7, 11) is 0. The first kappa shape index (κ1) is 14.1. The Morgan fingerprint density at radius 2 is 2.10 bits per heavy atom. The molecular formula is C12H9BrN4O3S. The van der Waals surface area contributed by atoms with E-state index in [1.807, 2.05) is 6.92 Å². The van der Waals surface area contributed by atoms with Gasteiger partial charge >= 0.3 is 5.69 Å². The van der Waals surface area contributed by atoms with E-state index in [9.17, 15) is 14.4 Å². The Balaban J connectivity index is 2.01. The second-order valence-corrected chi connectivity index (χ2v) is 6.13. The number of anilines is 1. The maximum absolute atomic E-state index is 11.6. The van der Waals surface area contributed by atoms with E-state index in [4.69, 9.17) is 0 Å². The molecule has 0 aliphatic carbocycles. The number of carbonyl (C=O) groups excluding carboxylic acids is 2. The van der Waals surface area contributed by atoms with E-state index < -0.39 is 11.7 Å². The molecule has 21 heavy (non-hydrogen) atoms. The number of nitrogens with zero attached hydrogens (tertiary/aromatic N) is 2. The Bertz CT molecular complexity index is 826. The number of nitrogens with one attached hydrogen (secondary N) is 2. The number of rotatable bonds is 3. The summed E-state index contributed by atoms with van der Waals surface area (Å²) in [5, 5.41) is 9.38. The van der Waals surface area contributed by atoms with Crippen LogP contribution in [0, 0.1) is 0 Å². The molecule has 0 radical (unpaired) electrons. The van der Waals surface area contributed by atoms with Crippen LogP contribution in [0.3, 0.4) is 0 Å². The monoisotopic (exact) mass is 368 g/mol. The zero-order valence-electron chi connectivity index (χ0n) is 10.8. The number of hydrogen-bond donors (Lipinski definition) is 2. The van der Waals surface area contributed by atoms with Crippen molar-refractivity contribution in [3.63, 3.8) is 0 Å². The SMILES string of the molecule is CCn1c(Sc2cc3c(cc2Br)C(=O)C(=O)N3)n[nH]c1=O. The molecular weight excluding hydrogens is 360 g/mol. The molecule has 0 bridgehead atoms. The summed E-state index contributed by atoms with van der Waals surface area (Å²) in [6, 6.07) is 3.28. The van der Waals surface area contributed by atoms with Gasteiger partial charge in [-0.1, -0.05) is 0 Å². The number of benzene rings is 1. The highest BCUT2D eigenvalue weighted by molar-refractivity contribution is 9.10. The van der Waals surface area contributed by atoms with Crippen molar-refractivity contribution in [2.24, 2.45) is 0 Å². The first-order valence-corrected chi connectivity index (χ1v) is 7.64. The maximum Gasteiger partial charge on any atom is 0.343 e. The number of H-pyrrole nitrogens is 1. The minimum atomic E-state index is -0.635. The van der Waals surface area contributed by atoms with E-state index >= 15 is 0 Å². The second-order valence-electron chi connectivity index (χ2n) is 4.27. The Kier molecular flexibility index (Phi) is 3.46. The first-order valence-electron chi connectivity index (χ1n) is 6.03. The molecule has 2 N–H and O–H groups in total. The largest absolute Gasteiger partial charge is 0.343 e. The van der Waals surface area contributed by atoms with Gasteiger partial charge in [0.25, 0.3) is 11.7 Å². The van der Waals surface area contributed by atoms with Gasteiger partial charge in [-0.05, 0) is 46.7 Å². The third-order valence-electron chi connectivity index (χ3n) is 3.01. The summed E-state index contributed by atoms with van der Waals surface area (Å²) in [6.07, 6.45) is 0. The van der Waals surface area contributed by atoms with Gasteiger partial charge in [0.15, 0.2) is 5.16 Å². The fourth-order valence-electron chi connectivity index (χ4n) is 1.98. The average molecular weight is 369 g/mol. The smallest absolute Gasteiger partial charge is 0.318 e. The molecule has 1 aliphatic heterocycles. The second kappa shape index (κ2) is 5.15. The molecule has 0 unspecified atom stereocenters. The van der Waals surface area contributed by atoms with Crippen LogP contribution in [0.15, 0.2) is 31.5 Å². The van der Waals surface area contributed by atoms with Gasteiger partial charge in [0.2, 0.25) is 0 Å². The molecule has 0 saturated carbocycles. The normalized spacial score (nSPS) is 13.4. The summed E-state index contributed by atoms with van der Waals surface area (Å²) in [4.78, 5) is 35.3. The van der Waals surface area contributed by atoms with Crippen LogP contribution in [0.1, 0.15) is 17.3 Å². The lowest BCUT2D eigenvalue weighted by molar-refractivity contribution is -0.112. The summed E-state index contributed by atoms with van der Waals surface area (Å²) in [6.45, 7) is 2.34. The van der Waals surface area contributed by atoms with E-state index in [-0.39, 0.29) is 5.69 Å². The lowest BCUT2D eigenvalue weighted by Crippen LogP contribution is -2.16. The molecule has 1 aromatic heterocycles. The molecule has 0 saturated heterocycles. The highest BCUT2D eigenvalue weighted by Gasteiger charge is 2.29. The lowest BCUT2D eigenvalue weighted by Gasteiger charge is -2.06. The van der Waals surface area contributed by atoms with Crippen molar-refractivity contribution in [3.8, 4) is 0 Å². The molecule has 1 aromatic carbocycles. The topological polar surface area (TPSA) is 96.8 Å². The minimum absolute atomic E-state index is 0.277. The Hall–Kier alpha value is -1.87. The van der Waals surface area contributed by atoms with Gasteiger partial charge in [-0.2, -0.15) is 0 Å². The van der Waals surface area contributed by atoms with Crippen LogP contribution in [0.25, 0.3) is 0 Å². The maximum atomic E-state index is 11.6. The lowest BCUT2D eigenvalue weighted by atomic mass is 10.1. The van der Waals surface area contributed by atoms with Crippen LogP contribution in [-0.4, -0.2) is 26.5 Å². The van der Waals surface area contributed by atoms with Gasteiger partial charge in [0, 0.05) is 15.9 Å². The molecule has 0 atom stereocenters. The van der Waals surface area contributed by atoms with Gasteiger partial charge < -0.3 is 5.32 Å². The molecule has 9 heteroatoms. The highest BCUT2D eigenvalue weighted by atomic mass is 79.9. The van der Waals surface area contributed by atoms with Gasteiger partial charge in [-0.25, -0.2) is 9.89 Å². The number of aromatic nitrogens is 3. The van der Waals surface area contributed by atoms with Crippen LogP contribution in [0.2, 0.25) is 0 Å². The van der Waals surface area contributed by atoms with Gasteiger partial charge in [0.05, 0.1) is 11.3 Å². The summed E-state index contributed by atoms with van der Waals surface area (Å²) < 4.78 is 2.16. The average Bonchev–Trinajstić information content (AvgIpc) is 2.93. The number of ketones is 1. The number of aromatic amines is 1. The summed E-state index contributed by atoms with van der Waals surface area (Å²) in [5.74, 6) is -1.18. The summed E-state index contributed by atoms with van der Waals surface area (Å²) in [5.41, 5.74) is 0.531. The minimum Gasteiger partial charge on any atom is -0.318 e. The van der Waals surface area contributed by atoms with Crippen molar-refractivity contribution in [1.29, 1.82) is 0 Å². The molecule has 2 heterocycles. The molecule has 1 amide bonds. The Morgan fingerprint density at radius 3 is 2.81 bits per heavy atom. The van der Waals surface area contributed by atoms with Crippen molar-refractivity contribution in [2.45, 2.75) is 23.5 Å². The van der Waals surface area contributed by atoms with Gasteiger partial charge in [0.1, 0.15) is 0 Å². The van der Waals surface area contributed by atoms with Crippen molar-refractivity contribution < 1.29 is 9.59 Å². The predicted molar refractivity (Wildman–Crippen MR) is 79.7 cm³/mol. The quantitative estimate of drug-likeness (QED) is 0.802. The molecule has 0 spiro atoms. The number of hydrogen-bond acceptors (Lipinski definition) is 5.